The number of carbonyl (C=O) groups is 1. The number of nitrogens with one attached hydrogen (secondary N) is 1. The normalized spacial score (nSPS) is 11.9. The summed E-state index contributed by atoms with van der Waals surface area (Å²) in [5.74, 6) is 0.345. The maximum Gasteiger partial charge on any atom is 0.286 e. The van der Waals surface area contributed by atoms with Gasteiger partial charge in [-0.2, -0.15) is 11.8 Å². The van der Waals surface area contributed by atoms with E-state index in [9.17, 15) is 14.3 Å². The summed E-state index contributed by atoms with van der Waals surface area (Å²) in [6, 6.07) is 15.0. The molecular weight excluding hydrogens is 373 g/mol. The predicted octanol–water partition coefficient (Wildman–Crippen LogP) is 3.90. The number of anilines is 1. The SMILES string of the molecule is O=C(Nc1ccc(F)cc1)c1nnc(CSCC(O)c2ccccc2)s1. The molecule has 26 heavy (non-hydrogen) atoms. The highest BCUT2D eigenvalue weighted by molar-refractivity contribution is 7.98. The van der Waals surface area contributed by atoms with Gasteiger partial charge >= 0.3 is 0 Å². The van der Waals surface area contributed by atoms with Crippen LogP contribution in [0, 0.1) is 5.82 Å². The van der Waals surface area contributed by atoms with E-state index < -0.39 is 6.10 Å². The number of rotatable bonds is 7. The Hall–Kier alpha value is -2.29. The molecule has 2 N–H and O–H groups in total. The highest BCUT2D eigenvalue weighted by Crippen LogP contribution is 2.23. The number of halogens is 1. The first kappa shape index (κ1) is 18.5. The molecule has 1 heterocycles. The molecule has 0 spiro atoms. The largest absolute Gasteiger partial charge is 0.388 e. The van der Waals surface area contributed by atoms with Crippen molar-refractivity contribution in [3.05, 3.63) is 76.0 Å². The summed E-state index contributed by atoms with van der Waals surface area (Å²) >= 11 is 2.72. The molecule has 1 atom stereocenters. The fourth-order valence-corrected chi connectivity index (χ4v) is 3.93. The minimum absolute atomic E-state index is 0.244. The summed E-state index contributed by atoms with van der Waals surface area (Å²) in [6.07, 6.45) is -0.546. The molecule has 1 amide bonds. The second-order valence-electron chi connectivity index (χ2n) is 5.40. The number of aromatic nitrogens is 2. The first-order valence-corrected chi connectivity index (χ1v) is 9.79. The van der Waals surface area contributed by atoms with Crippen LogP contribution >= 0.6 is 23.1 Å². The van der Waals surface area contributed by atoms with E-state index in [4.69, 9.17) is 0 Å². The van der Waals surface area contributed by atoms with Crippen molar-refractivity contribution >= 4 is 34.7 Å². The number of benzene rings is 2. The van der Waals surface area contributed by atoms with Gasteiger partial charge in [0.2, 0.25) is 5.01 Å². The zero-order valence-corrected chi connectivity index (χ0v) is 15.3. The van der Waals surface area contributed by atoms with Crippen molar-refractivity contribution in [2.24, 2.45) is 0 Å². The van der Waals surface area contributed by atoms with Crippen LogP contribution in [-0.2, 0) is 5.75 Å². The van der Waals surface area contributed by atoms with E-state index in [2.05, 4.69) is 15.5 Å². The highest BCUT2D eigenvalue weighted by atomic mass is 32.2. The van der Waals surface area contributed by atoms with Crippen molar-refractivity contribution in [3.8, 4) is 0 Å². The van der Waals surface area contributed by atoms with Gasteiger partial charge in [0.1, 0.15) is 10.8 Å². The Morgan fingerprint density at radius 1 is 1.15 bits per heavy atom. The smallest absolute Gasteiger partial charge is 0.286 e. The van der Waals surface area contributed by atoms with Crippen LogP contribution in [0.5, 0.6) is 0 Å². The number of carbonyl (C=O) groups excluding carboxylic acids is 1. The molecule has 0 fully saturated rings. The minimum Gasteiger partial charge on any atom is -0.388 e. The standard InChI is InChI=1S/C18H16FN3O2S2/c19-13-6-8-14(9-7-13)20-17(24)18-22-21-16(26-18)11-25-10-15(23)12-4-2-1-3-5-12/h1-9,15,23H,10-11H2,(H,20,24). The molecule has 2 aromatic carbocycles. The number of amides is 1. The van der Waals surface area contributed by atoms with Crippen LogP contribution < -0.4 is 5.32 Å². The summed E-state index contributed by atoms with van der Waals surface area (Å²) in [5.41, 5.74) is 1.37. The van der Waals surface area contributed by atoms with E-state index in [1.807, 2.05) is 30.3 Å². The zero-order chi connectivity index (χ0) is 18.4. The molecule has 0 aliphatic rings. The number of thioether (sulfide) groups is 1. The number of hydrogen-bond donors (Lipinski definition) is 2. The monoisotopic (exact) mass is 389 g/mol. The van der Waals surface area contributed by atoms with Crippen molar-refractivity contribution in [1.29, 1.82) is 0 Å². The van der Waals surface area contributed by atoms with Crippen molar-refractivity contribution in [2.45, 2.75) is 11.9 Å². The maximum absolute atomic E-state index is 12.9. The lowest BCUT2D eigenvalue weighted by Crippen LogP contribution is -2.11. The molecule has 0 saturated heterocycles. The Balaban J connectivity index is 1.49. The van der Waals surface area contributed by atoms with Crippen molar-refractivity contribution in [3.63, 3.8) is 0 Å². The Morgan fingerprint density at radius 3 is 2.62 bits per heavy atom. The van der Waals surface area contributed by atoms with E-state index in [0.29, 0.717) is 22.2 Å². The molecule has 8 heteroatoms. The first-order chi connectivity index (χ1) is 12.6. The van der Waals surface area contributed by atoms with Gasteiger partial charge in [0.15, 0.2) is 0 Å². The van der Waals surface area contributed by atoms with Crippen LogP contribution in [0.15, 0.2) is 54.6 Å². The second kappa shape index (κ2) is 8.88. The fraction of sp³-hybridized carbons (Fsp3) is 0.167. The van der Waals surface area contributed by atoms with Crippen LogP contribution in [0.25, 0.3) is 0 Å². The van der Waals surface area contributed by atoms with Gasteiger partial charge in [-0.15, -0.1) is 10.2 Å². The molecule has 134 valence electrons. The lowest BCUT2D eigenvalue weighted by molar-refractivity contribution is 0.102. The van der Waals surface area contributed by atoms with Gasteiger partial charge in [-0.25, -0.2) is 4.39 Å². The third kappa shape index (κ3) is 5.10. The van der Waals surface area contributed by atoms with E-state index in [1.54, 1.807) is 0 Å². The van der Waals surface area contributed by atoms with E-state index in [0.717, 1.165) is 5.56 Å². The van der Waals surface area contributed by atoms with Gasteiger partial charge in [-0.05, 0) is 29.8 Å². The maximum atomic E-state index is 12.9. The molecule has 1 aromatic heterocycles. The van der Waals surface area contributed by atoms with Gasteiger partial charge in [0.05, 0.1) is 6.10 Å². The molecule has 0 aliphatic heterocycles. The summed E-state index contributed by atoms with van der Waals surface area (Å²) in [5, 5.41) is 21.6. The Morgan fingerprint density at radius 2 is 1.88 bits per heavy atom. The molecule has 0 bridgehead atoms. The lowest BCUT2D eigenvalue weighted by Gasteiger charge is -2.09. The summed E-state index contributed by atoms with van der Waals surface area (Å²) in [4.78, 5) is 12.1. The first-order valence-electron chi connectivity index (χ1n) is 7.82. The van der Waals surface area contributed by atoms with Crippen LogP contribution in [0.3, 0.4) is 0 Å². The van der Waals surface area contributed by atoms with Crippen molar-refractivity contribution in [1.82, 2.24) is 10.2 Å². The molecule has 5 nitrogen and oxygen atoms in total. The second-order valence-corrected chi connectivity index (χ2v) is 7.50. The molecule has 1 unspecified atom stereocenters. The number of aliphatic hydroxyl groups is 1. The highest BCUT2D eigenvalue weighted by Gasteiger charge is 2.14. The Bertz CT molecular complexity index is 856. The molecule has 3 rings (SSSR count). The topological polar surface area (TPSA) is 75.1 Å². The lowest BCUT2D eigenvalue weighted by atomic mass is 10.1. The predicted molar refractivity (Wildman–Crippen MR) is 102 cm³/mol. The van der Waals surface area contributed by atoms with E-state index in [-0.39, 0.29) is 16.7 Å². The Labute approximate surface area is 158 Å². The van der Waals surface area contributed by atoms with Crippen LogP contribution in [0.1, 0.15) is 26.5 Å². The zero-order valence-electron chi connectivity index (χ0n) is 13.6. The quantitative estimate of drug-likeness (QED) is 0.641. The summed E-state index contributed by atoms with van der Waals surface area (Å²) < 4.78 is 12.9. The number of nitrogens with zero attached hydrogens (tertiary/aromatic N) is 2. The van der Waals surface area contributed by atoms with Crippen molar-refractivity contribution in [2.75, 3.05) is 11.1 Å². The van der Waals surface area contributed by atoms with Gasteiger partial charge in [0.25, 0.3) is 5.91 Å². The van der Waals surface area contributed by atoms with Gasteiger partial charge in [-0.1, -0.05) is 41.7 Å². The van der Waals surface area contributed by atoms with Gasteiger partial charge in [0, 0.05) is 17.2 Å². The molecular formula is C18H16FN3O2S2. The van der Waals surface area contributed by atoms with Crippen LogP contribution in [-0.4, -0.2) is 27.0 Å². The molecule has 3 aromatic rings. The fourth-order valence-electron chi connectivity index (χ4n) is 2.15. The minimum atomic E-state index is -0.546. The number of hydrogen-bond acceptors (Lipinski definition) is 6. The average molecular weight is 389 g/mol. The van der Waals surface area contributed by atoms with E-state index in [1.165, 1.54) is 47.4 Å². The van der Waals surface area contributed by atoms with Crippen LogP contribution in [0.2, 0.25) is 0 Å². The Kier molecular flexibility index (Phi) is 6.32. The van der Waals surface area contributed by atoms with Crippen molar-refractivity contribution < 1.29 is 14.3 Å². The number of aliphatic hydroxyl groups excluding tert-OH is 1. The van der Waals surface area contributed by atoms with E-state index >= 15 is 0 Å². The third-order valence-electron chi connectivity index (χ3n) is 3.45. The van der Waals surface area contributed by atoms with Crippen LogP contribution in [0.4, 0.5) is 10.1 Å². The van der Waals surface area contributed by atoms with Gasteiger partial charge < -0.3 is 10.4 Å². The molecule has 0 aliphatic carbocycles. The molecule has 0 radical (unpaired) electrons. The van der Waals surface area contributed by atoms with Gasteiger partial charge in [-0.3, -0.25) is 4.79 Å². The summed E-state index contributed by atoms with van der Waals surface area (Å²) in [6.45, 7) is 0. The average Bonchev–Trinajstić information content (AvgIpc) is 3.13. The third-order valence-corrected chi connectivity index (χ3v) is 5.58. The summed E-state index contributed by atoms with van der Waals surface area (Å²) in [7, 11) is 0. The molecule has 0 saturated carbocycles.